The fraction of sp³-hybridized carbons (Fsp3) is 0.217. The number of nitrogens with zero attached hydrogens (tertiary/aromatic N) is 6. The third kappa shape index (κ3) is 3.69. The van der Waals surface area contributed by atoms with E-state index in [-0.39, 0.29) is 28.6 Å². The highest BCUT2D eigenvalue weighted by Crippen LogP contribution is 2.44. The van der Waals surface area contributed by atoms with Crippen molar-refractivity contribution in [3.63, 3.8) is 0 Å². The smallest absolute Gasteiger partial charge is 0.258 e. The molecule has 2 atom stereocenters. The van der Waals surface area contributed by atoms with E-state index < -0.39 is 11.7 Å². The van der Waals surface area contributed by atoms with Gasteiger partial charge in [-0.3, -0.25) is 9.59 Å². The van der Waals surface area contributed by atoms with Crippen molar-refractivity contribution in [3.05, 3.63) is 69.3 Å². The molecule has 6 rings (SSSR count). The molecule has 5 heterocycles. The summed E-state index contributed by atoms with van der Waals surface area (Å²) >= 11 is 7.36. The Hall–Kier alpha value is -3.90. The molecule has 1 saturated heterocycles. The van der Waals surface area contributed by atoms with Gasteiger partial charge in [0.2, 0.25) is 5.91 Å². The summed E-state index contributed by atoms with van der Waals surface area (Å²) in [5, 5.41) is 12.9. The molecule has 0 unspecified atom stereocenters. The highest BCUT2D eigenvalue weighted by Gasteiger charge is 2.42. The first-order valence-corrected chi connectivity index (χ1v) is 12.3. The number of nitrogens with one attached hydrogen (secondary N) is 1. The van der Waals surface area contributed by atoms with Gasteiger partial charge in [0.15, 0.2) is 5.82 Å². The summed E-state index contributed by atoms with van der Waals surface area (Å²) in [5.41, 5.74) is 8.08. The number of amides is 2. The molecule has 0 saturated carbocycles. The summed E-state index contributed by atoms with van der Waals surface area (Å²) < 4.78 is 16.6. The van der Waals surface area contributed by atoms with Gasteiger partial charge in [-0.15, -0.1) is 16.4 Å². The van der Waals surface area contributed by atoms with Gasteiger partial charge in [-0.05, 0) is 53.5 Å². The molecule has 36 heavy (non-hydrogen) atoms. The van der Waals surface area contributed by atoms with E-state index >= 15 is 4.39 Å². The molecule has 182 valence electrons. The molecular formula is C23H18ClFN8O2S. The van der Waals surface area contributed by atoms with E-state index in [2.05, 4.69) is 25.5 Å². The van der Waals surface area contributed by atoms with Gasteiger partial charge in [0, 0.05) is 28.6 Å². The fourth-order valence-electron chi connectivity index (χ4n) is 4.96. The lowest BCUT2D eigenvalue weighted by molar-refractivity contribution is -0.129. The number of primary amides is 1. The van der Waals surface area contributed by atoms with Gasteiger partial charge in [0.1, 0.15) is 12.2 Å². The van der Waals surface area contributed by atoms with E-state index in [4.69, 9.17) is 17.3 Å². The van der Waals surface area contributed by atoms with Crippen LogP contribution in [0.1, 0.15) is 46.4 Å². The van der Waals surface area contributed by atoms with Gasteiger partial charge in [0.05, 0.1) is 33.5 Å². The monoisotopic (exact) mass is 524 g/mol. The van der Waals surface area contributed by atoms with Crippen molar-refractivity contribution in [1.82, 2.24) is 35.1 Å². The molecule has 0 aliphatic carbocycles. The maximum absolute atomic E-state index is 15.2. The topological polar surface area (TPSA) is 136 Å². The third-order valence-corrected chi connectivity index (χ3v) is 7.80. The van der Waals surface area contributed by atoms with Gasteiger partial charge in [-0.2, -0.15) is 4.68 Å². The van der Waals surface area contributed by atoms with Gasteiger partial charge in [0.25, 0.3) is 5.91 Å². The first kappa shape index (κ1) is 22.6. The Kier molecular flexibility index (Phi) is 5.41. The minimum Gasteiger partial charge on any atom is -0.365 e. The summed E-state index contributed by atoms with van der Waals surface area (Å²) in [7, 11) is 0. The van der Waals surface area contributed by atoms with E-state index in [0.717, 1.165) is 17.7 Å². The normalized spacial score (nSPS) is 19.4. The lowest BCUT2D eigenvalue weighted by Crippen LogP contribution is -2.39. The summed E-state index contributed by atoms with van der Waals surface area (Å²) in [4.78, 5) is 34.8. The maximum Gasteiger partial charge on any atom is 0.258 e. The van der Waals surface area contributed by atoms with Crippen LogP contribution >= 0.6 is 22.9 Å². The number of thiophene rings is 1. The number of hydrogen-bond donors (Lipinski definition) is 2. The van der Waals surface area contributed by atoms with E-state index in [9.17, 15) is 9.59 Å². The number of rotatable bonds is 5. The number of hydrogen-bond acceptors (Lipinski definition) is 7. The van der Waals surface area contributed by atoms with Crippen molar-refractivity contribution >= 4 is 40.3 Å². The Morgan fingerprint density at radius 3 is 2.92 bits per heavy atom. The Morgan fingerprint density at radius 1 is 1.31 bits per heavy atom. The van der Waals surface area contributed by atoms with E-state index in [1.54, 1.807) is 23.2 Å². The Morgan fingerprint density at radius 2 is 2.17 bits per heavy atom. The van der Waals surface area contributed by atoms with Crippen LogP contribution in [-0.2, 0) is 4.79 Å². The van der Waals surface area contributed by atoms with Gasteiger partial charge in [-0.25, -0.2) is 9.37 Å². The first-order valence-electron chi connectivity index (χ1n) is 11.1. The molecular weight excluding hydrogens is 507 g/mol. The summed E-state index contributed by atoms with van der Waals surface area (Å²) in [5.74, 6) is -0.665. The molecule has 3 aromatic heterocycles. The Labute approximate surface area is 212 Å². The molecule has 4 aromatic rings. The van der Waals surface area contributed by atoms with Gasteiger partial charge < -0.3 is 15.6 Å². The summed E-state index contributed by atoms with van der Waals surface area (Å²) in [6, 6.07) is 4.41. The molecule has 1 aromatic carbocycles. The van der Waals surface area contributed by atoms with Crippen LogP contribution in [0.3, 0.4) is 0 Å². The molecule has 0 bridgehead atoms. The number of aromatic nitrogens is 6. The number of fused-ring (bicyclic) bond motifs is 1. The van der Waals surface area contributed by atoms with Crippen LogP contribution in [0.5, 0.6) is 0 Å². The SMILES string of the molecule is NC(=O)c1cc(-c2cnc([C@@H]3CC[C@@H]4CC(c5c(-n6cnnn6)ccc(Cl)c5F)=CC(=O)N43)[nH]2)cs1. The highest BCUT2D eigenvalue weighted by molar-refractivity contribution is 7.12. The van der Waals surface area contributed by atoms with Crippen LogP contribution in [0, 0.1) is 5.82 Å². The van der Waals surface area contributed by atoms with E-state index in [1.807, 2.05) is 5.38 Å². The number of benzene rings is 1. The standard InChI is InChI=1S/C23H18ClFN8O2S/c24-14-2-4-16(32-10-28-30-31-32)20(21(14)25)11-5-13-1-3-17(33(13)19(34)7-11)23-27-8-15(29-23)12-6-18(22(26)35)36-9-12/h2,4,6-10,13,17H,1,3,5H2,(H2,26,35)(H,27,29)/t13-,17+/m1/s1. The molecule has 2 aliphatic heterocycles. The van der Waals surface area contributed by atoms with E-state index in [0.29, 0.717) is 34.8 Å². The van der Waals surface area contributed by atoms with Crippen LogP contribution in [0.2, 0.25) is 5.02 Å². The average molecular weight is 525 g/mol. The number of carbonyl (C=O) groups is 2. The zero-order chi connectivity index (χ0) is 25.0. The second-order valence-electron chi connectivity index (χ2n) is 8.62. The number of carbonyl (C=O) groups excluding carboxylic acids is 2. The Bertz CT molecular complexity index is 1530. The number of aromatic amines is 1. The molecule has 3 N–H and O–H groups in total. The number of tetrazole rings is 1. The molecule has 0 spiro atoms. The maximum atomic E-state index is 15.2. The molecule has 0 radical (unpaired) electrons. The van der Waals surface area contributed by atoms with Crippen molar-refractivity contribution < 1.29 is 14.0 Å². The van der Waals surface area contributed by atoms with E-state index in [1.165, 1.54) is 34.5 Å². The molecule has 13 heteroatoms. The van der Waals surface area contributed by atoms with Crippen LogP contribution < -0.4 is 5.73 Å². The van der Waals surface area contributed by atoms with Crippen LogP contribution in [0.15, 0.2) is 42.2 Å². The van der Waals surface area contributed by atoms with Crippen LogP contribution in [0.4, 0.5) is 4.39 Å². The summed E-state index contributed by atoms with van der Waals surface area (Å²) in [6.07, 6.45) is 6.40. The quantitative estimate of drug-likeness (QED) is 0.410. The van der Waals surface area contributed by atoms with Crippen LogP contribution in [0.25, 0.3) is 22.5 Å². The number of H-pyrrole nitrogens is 1. The average Bonchev–Trinajstić information content (AvgIpc) is 3.66. The second-order valence-corrected chi connectivity index (χ2v) is 9.94. The molecule has 1 fully saturated rings. The largest absolute Gasteiger partial charge is 0.365 e. The number of halogens is 2. The minimum atomic E-state index is -0.617. The highest BCUT2D eigenvalue weighted by atomic mass is 35.5. The number of nitrogens with two attached hydrogens (primary N) is 1. The van der Waals surface area contributed by atoms with Crippen molar-refractivity contribution in [3.8, 4) is 16.9 Å². The Balaban J connectivity index is 1.31. The van der Waals surface area contributed by atoms with Crippen LogP contribution in [-0.4, -0.2) is 52.9 Å². The van der Waals surface area contributed by atoms with Crippen molar-refractivity contribution in [2.45, 2.75) is 31.3 Å². The van der Waals surface area contributed by atoms with Crippen molar-refractivity contribution in [2.75, 3.05) is 0 Å². The van der Waals surface area contributed by atoms with Gasteiger partial charge >= 0.3 is 0 Å². The van der Waals surface area contributed by atoms with Crippen molar-refractivity contribution in [2.24, 2.45) is 5.73 Å². The predicted octanol–water partition coefficient (Wildman–Crippen LogP) is 3.52. The van der Waals surface area contributed by atoms with Crippen molar-refractivity contribution in [1.29, 1.82) is 0 Å². The lowest BCUT2D eigenvalue weighted by atomic mass is 9.92. The van der Waals surface area contributed by atoms with Gasteiger partial charge in [-0.1, -0.05) is 11.6 Å². The first-order chi connectivity index (χ1) is 17.4. The predicted molar refractivity (Wildman–Crippen MR) is 130 cm³/mol. The lowest BCUT2D eigenvalue weighted by Gasteiger charge is -2.33. The number of imidazole rings is 1. The fourth-order valence-corrected chi connectivity index (χ4v) is 5.88. The molecule has 10 nitrogen and oxygen atoms in total. The molecule has 2 amide bonds. The summed E-state index contributed by atoms with van der Waals surface area (Å²) in [6.45, 7) is 0. The zero-order valence-corrected chi connectivity index (χ0v) is 20.1. The second kappa shape index (κ2) is 8.64. The molecule has 2 aliphatic rings. The third-order valence-electron chi connectivity index (χ3n) is 6.56. The minimum absolute atomic E-state index is 0.0436. The zero-order valence-electron chi connectivity index (χ0n) is 18.6.